The van der Waals surface area contributed by atoms with Gasteiger partial charge in [0.05, 0.1) is 0 Å². The summed E-state index contributed by atoms with van der Waals surface area (Å²) >= 11 is 0. The minimum Gasteiger partial charge on any atom is -0.311 e. The summed E-state index contributed by atoms with van der Waals surface area (Å²) in [5.41, 5.74) is 1.78. The van der Waals surface area contributed by atoms with E-state index in [1.54, 1.807) is 0 Å². The number of hydrogen-bond acceptors (Lipinski definition) is 2. The van der Waals surface area contributed by atoms with Crippen molar-refractivity contribution in [1.29, 1.82) is 0 Å². The van der Waals surface area contributed by atoms with E-state index in [4.69, 9.17) is 0 Å². The van der Waals surface area contributed by atoms with Gasteiger partial charge in [-0.15, -0.1) is 0 Å². The fourth-order valence-electron chi connectivity index (χ4n) is 3.93. The highest BCUT2D eigenvalue weighted by Crippen LogP contribution is 2.34. The van der Waals surface area contributed by atoms with Gasteiger partial charge in [-0.25, -0.2) is 0 Å². The van der Waals surface area contributed by atoms with Gasteiger partial charge in [0.15, 0.2) is 0 Å². The van der Waals surface area contributed by atoms with E-state index in [0.29, 0.717) is 12.0 Å². The molecule has 20 heavy (non-hydrogen) atoms. The van der Waals surface area contributed by atoms with Crippen molar-refractivity contribution in [2.75, 3.05) is 19.6 Å². The molecule has 0 aliphatic carbocycles. The van der Waals surface area contributed by atoms with Crippen LogP contribution in [0.15, 0.2) is 30.3 Å². The molecule has 2 saturated heterocycles. The lowest BCUT2D eigenvalue weighted by Gasteiger charge is -2.48. The predicted molar refractivity (Wildman–Crippen MR) is 85.1 cm³/mol. The van der Waals surface area contributed by atoms with Gasteiger partial charge in [-0.1, -0.05) is 36.8 Å². The van der Waals surface area contributed by atoms with Gasteiger partial charge in [0.2, 0.25) is 0 Å². The summed E-state index contributed by atoms with van der Waals surface area (Å²) < 4.78 is 0. The smallest absolute Gasteiger partial charge is 0.0193 e. The second kappa shape index (κ2) is 5.87. The minimum atomic E-state index is 0.271. The Bertz CT molecular complexity index is 420. The standard InChI is InChI=1S/C18H28N2/c1-18(2)13-17(20-11-7-4-8-12-20)16(14-19-18)15-9-5-3-6-10-15/h3,5-6,9-10,16-17,19H,4,7-8,11-14H2,1-2H3. The van der Waals surface area contributed by atoms with Crippen LogP contribution in [0.1, 0.15) is 51.0 Å². The van der Waals surface area contributed by atoms with E-state index in [1.807, 2.05) is 0 Å². The maximum atomic E-state index is 3.75. The first kappa shape index (κ1) is 14.1. The van der Waals surface area contributed by atoms with Crippen LogP contribution in [0.4, 0.5) is 0 Å². The molecule has 2 unspecified atom stereocenters. The van der Waals surface area contributed by atoms with Gasteiger partial charge in [-0.05, 0) is 51.8 Å². The van der Waals surface area contributed by atoms with Crippen molar-refractivity contribution < 1.29 is 0 Å². The van der Waals surface area contributed by atoms with Gasteiger partial charge in [0.1, 0.15) is 0 Å². The van der Waals surface area contributed by atoms with Crippen molar-refractivity contribution in [3.05, 3.63) is 35.9 Å². The van der Waals surface area contributed by atoms with Gasteiger partial charge in [0, 0.05) is 24.0 Å². The zero-order valence-electron chi connectivity index (χ0n) is 12.9. The van der Waals surface area contributed by atoms with E-state index in [2.05, 4.69) is 54.4 Å². The lowest BCUT2D eigenvalue weighted by molar-refractivity contribution is 0.0835. The largest absolute Gasteiger partial charge is 0.311 e. The van der Waals surface area contributed by atoms with E-state index in [1.165, 1.54) is 44.3 Å². The highest BCUT2D eigenvalue weighted by atomic mass is 15.2. The Hall–Kier alpha value is -0.860. The van der Waals surface area contributed by atoms with Crippen molar-refractivity contribution in [2.24, 2.45) is 0 Å². The Morgan fingerprint density at radius 2 is 1.75 bits per heavy atom. The number of rotatable bonds is 2. The summed E-state index contributed by atoms with van der Waals surface area (Å²) in [4.78, 5) is 2.77. The SMILES string of the molecule is CC1(C)CC(N2CCCCC2)C(c2ccccc2)CN1. The second-order valence-corrected chi connectivity index (χ2v) is 7.15. The van der Waals surface area contributed by atoms with Crippen molar-refractivity contribution in [2.45, 2.75) is 57.0 Å². The van der Waals surface area contributed by atoms with E-state index >= 15 is 0 Å². The molecule has 2 atom stereocenters. The normalized spacial score (nSPS) is 31.1. The van der Waals surface area contributed by atoms with Crippen LogP contribution in [-0.4, -0.2) is 36.1 Å². The topological polar surface area (TPSA) is 15.3 Å². The summed E-state index contributed by atoms with van der Waals surface area (Å²) in [5, 5.41) is 3.75. The van der Waals surface area contributed by atoms with Gasteiger partial charge >= 0.3 is 0 Å². The first-order valence-corrected chi connectivity index (χ1v) is 8.20. The molecule has 0 aromatic heterocycles. The summed E-state index contributed by atoms with van der Waals surface area (Å²) in [6, 6.07) is 11.8. The van der Waals surface area contributed by atoms with Crippen LogP contribution < -0.4 is 5.32 Å². The average Bonchev–Trinajstić information content (AvgIpc) is 2.48. The molecule has 0 spiro atoms. The van der Waals surface area contributed by atoms with Crippen molar-refractivity contribution >= 4 is 0 Å². The van der Waals surface area contributed by atoms with Gasteiger partial charge in [0.25, 0.3) is 0 Å². The monoisotopic (exact) mass is 272 g/mol. The summed E-state index contributed by atoms with van der Waals surface area (Å²) in [6.45, 7) is 8.41. The van der Waals surface area contributed by atoms with Crippen LogP contribution in [0.5, 0.6) is 0 Å². The van der Waals surface area contributed by atoms with Crippen molar-refractivity contribution in [3.63, 3.8) is 0 Å². The first-order valence-electron chi connectivity index (χ1n) is 8.20. The quantitative estimate of drug-likeness (QED) is 0.887. The number of nitrogens with one attached hydrogen (secondary N) is 1. The molecule has 0 saturated carbocycles. The summed E-state index contributed by atoms with van der Waals surface area (Å²) in [6.07, 6.45) is 5.44. The van der Waals surface area contributed by atoms with Crippen molar-refractivity contribution in [1.82, 2.24) is 10.2 Å². The number of nitrogens with zero attached hydrogens (tertiary/aromatic N) is 1. The Labute approximate surface area is 123 Å². The third kappa shape index (κ3) is 3.07. The first-order chi connectivity index (χ1) is 9.66. The fourth-order valence-corrected chi connectivity index (χ4v) is 3.93. The van der Waals surface area contributed by atoms with Gasteiger partial charge in [-0.2, -0.15) is 0 Å². The maximum Gasteiger partial charge on any atom is 0.0193 e. The molecule has 2 nitrogen and oxygen atoms in total. The lowest BCUT2D eigenvalue weighted by Crippen LogP contribution is -2.57. The molecule has 2 heterocycles. The van der Waals surface area contributed by atoms with Crippen LogP contribution in [0, 0.1) is 0 Å². The second-order valence-electron chi connectivity index (χ2n) is 7.15. The molecule has 2 fully saturated rings. The Morgan fingerprint density at radius 1 is 1.05 bits per heavy atom. The Kier molecular flexibility index (Phi) is 4.13. The van der Waals surface area contributed by atoms with Crippen molar-refractivity contribution in [3.8, 4) is 0 Å². The maximum absolute atomic E-state index is 3.75. The van der Waals surface area contributed by atoms with Crippen LogP contribution in [0.3, 0.4) is 0 Å². The molecule has 1 N–H and O–H groups in total. The van der Waals surface area contributed by atoms with E-state index < -0.39 is 0 Å². The molecule has 0 bridgehead atoms. The van der Waals surface area contributed by atoms with Crippen LogP contribution in [0.25, 0.3) is 0 Å². The fraction of sp³-hybridized carbons (Fsp3) is 0.667. The molecule has 0 radical (unpaired) electrons. The number of piperidine rings is 2. The summed E-state index contributed by atoms with van der Waals surface area (Å²) in [5.74, 6) is 0.641. The molecular formula is C18H28N2. The minimum absolute atomic E-state index is 0.271. The molecule has 2 heteroatoms. The number of benzene rings is 1. The van der Waals surface area contributed by atoms with Gasteiger partial charge < -0.3 is 5.32 Å². The average molecular weight is 272 g/mol. The molecule has 2 aliphatic rings. The van der Waals surface area contributed by atoms with E-state index in [9.17, 15) is 0 Å². The molecular weight excluding hydrogens is 244 g/mol. The Balaban J connectivity index is 1.83. The third-order valence-electron chi connectivity index (χ3n) is 5.07. The molecule has 2 aliphatic heterocycles. The molecule has 3 rings (SSSR count). The molecule has 1 aromatic rings. The zero-order chi connectivity index (χ0) is 14.0. The van der Waals surface area contributed by atoms with E-state index in [-0.39, 0.29) is 5.54 Å². The van der Waals surface area contributed by atoms with Gasteiger partial charge in [-0.3, -0.25) is 4.90 Å². The predicted octanol–water partition coefficient (Wildman–Crippen LogP) is 3.40. The lowest BCUT2D eigenvalue weighted by atomic mass is 9.78. The third-order valence-corrected chi connectivity index (χ3v) is 5.07. The highest BCUT2D eigenvalue weighted by molar-refractivity contribution is 5.23. The van der Waals surface area contributed by atoms with Crippen LogP contribution in [0.2, 0.25) is 0 Å². The number of hydrogen-bond donors (Lipinski definition) is 1. The summed E-state index contributed by atoms with van der Waals surface area (Å²) in [7, 11) is 0. The molecule has 0 amide bonds. The highest BCUT2D eigenvalue weighted by Gasteiger charge is 2.38. The van der Waals surface area contributed by atoms with E-state index in [0.717, 1.165) is 6.54 Å². The Morgan fingerprint density at radius 3 is 2.45 bits per heavy atom. The zero-order valence-corrected chi connectivity index (χ0v) is 12.9. The van der Waals surface area contributed by atoms with Crippen LogP contribution >= 0.6 is 0 Å². The molecule has 110 valence electrons. The molecule has 1 aromatic carbocycles. The van der Waals surface area contributed by atoms with Crippen LogP contribution in [-0.2, 0) is 0 Å². The number of likely N-dealkylation sites (tertiary alicyclic amines) is 1.